The van der Waals surface area contributed by atoms with Crippen molar-refractivity contribution in [2.45, 2.75) is 51.0 Å². The van der Waals surface area contributed by atoms with Crippen LogP contribution >= 0.6 is 11.6 Å². The van der Waals surface area contributed by atoms with Gasteiger partial charge in [-0.05, 0) is 32.2 Å². The Labute approximate surface area is 109 Å². The minimum atomic E-state index is 0.174. The van der Waals surface area contributed by atoms with Crippen LogP contribution in [-0.4, -0.2) is 22.4 Å². The van der Waals surface area contributed by atoms with E-state index in [-0.39, 0.29) is 5.41 Å². The number of halogens is 1. The average Bonchev–Trinajstić information content (AvgIpc) is 2.81. The number of nitrogens with zero attached hydrogens (tertiary/aromatic N) is 2. The normalized spacial score (nSPS) is 28.8. The number of nitrogens with one attached hydrogen (secondary N) is 1. The number of hydrogen-bond acceptors (Lipinski definition) is 2. The highest BCUT2D eigenvalue weighted by Crippen LogP contribution is 2.43. The lowest BCUT2D eigenvalue weighted by Crippen LogP contribution is -2.30. The van der Waals surface area contributed by atoms with Crippen molar-refractivity contribution in [2.24, 2.45) is 7.05 Å². The van der Waals surface area contributed by atoms with Crippen LogP contribution in [0.2, 0.25) is 5.02 Å². The van der Waals surface area contributed by atoms with Crippen LogP contribution in [-0.2, 0) is 12.5 Å². The topological polar surface area (TPSA) is 29.9 Å². The van der Waals surface area contributed by atoms with Crippen LogP contribution in [0.25, 0.3) is 0 Å². The largest absolute Gasteiger partial charge is 0.314 e. The molecule has 4 heteroatoms. The van der Waals surface area contributed by atoms with Crippen molar-refractivity contribution in [3.63, 3.8) is 0 Å². The number of aryl methyl sites for hydroxylation is 1. The molecule has 0 radical (unpaired) electrons. The molecule has 1 aromatic heterocycles. The molecule has 2 rings (SSSR count). The standard InChI is InChI=1S/C13H22ClN3/c1-4-7-15-10-5-6-13(2,8-10)12-11(14)9-16-17(12)3/h9-10,15H,4-8H2,1-3H3. The van der Waals surface area contributed by atoms with E-state index < -0.39 is 0 Å². The number of aromatic nitrogens is 2. The van der Waals surface area contributed by atoms with Gasteiger partial charge in [0.2, 0.25) is 0 Å². The van der Waals surface area contributed by atoms with Crippen molar-refractivity contribution < 1.29 is 0 Å². The Bertz CT molecular complexity index is 369. The Balaban J connectivity index is 2.11. The zero-order chi connectivity index (χ0) is 12.5. The van der Waals surface area contributed by atoms with E-state index in [1.54, 1.807) is 6.20 Å². The summed E-state index contributed by atoms with van der Waals surface area (Å²) >= 11 is 6.26. The van der Waals surface area contributed by atoms with Crippen LogP contribution in [0.1, 0.15) is 45.2 Å². The Morgan fingerprint density at radius 3 is 3.00 bits per heavy atom. The third-order valence-electron chi connectivity index (χ3n) is 3.89. The highest BCUT2D eigenvalue weighted by atomic mass is 35.5. The van der Waals surface area contributed by atoms with E-state index in [0.717, 1.165) is 18.0 Å². The van der Waals surface area contributed by atoms with Gasteiger partial charge in [0, 0.05) is 18.5 Å². The molecule has 1 aromatic rings. The molecule has 0 saturated heterocycles. The summed E-state index contributed by atoms with van der Waals surface area (Å²) in [5.74, 6) is 0. The van der Waals surface area contributed by atoms with Gasteiger partial charge in [-0.15, -0.1) is 0 Å². The molecule has 0 aliphatic heterocycles. The zero-order valence-electron chi connectivity index (χ0n) is 11.0. The second-order valence-corrected chi connectivity index (χ2v) is 5.83. The Morgan fingerprint density at radius 2 is 2.41 bits per heavy atom. The molecule has 1 aliphatic rings. The van der Waals surface area contributed by atoms with Gasteiger partial charge in [-0.25, -0.2) is 0 Å². The molecule has 0 spiro atoms. The molecule has 0 aromatic carbocycles. The third kappa shape index (κ3) is 2.50. The fraction of sp³-hybridized carbons (Fsp3) is 0.769. The molecular formula is C13H22ClN3. The maximum absolute atomic E-state index is 6.26. The molecule has 1 aliphatic carbocycles. The average molecular weight is 256 g/mol. The first kappa shape index (κ1) is 12.9. The molecular weight excluding hydrogens is 234 g/mol. The number of rotatable bonds is 4. The quantitative estimate of drug-likeness (QED) is 0.897. The molecule has 17 heavy (non-hydrogen) atoms. The molecule has 1 saturated carbocycles. The second kappa shape index (κ2) is 4.99. The van der Waals surface area contributed by atoms with Crippen molar-refractivity contribution in [1.82, 2.24) is 15.1 Å². The predicted octanol–water partition coefficient (Wildman–Crippen LogP) is 2.88. The molecule has 1 N–H and O–H groups in total. The van der Waals surface area contributed by atoms with Gasteiger partial charge in [0.15, 0.2) is 0 Å². The fourth-order valence-electron chi connectivity index (χ4n) is 3.07. The molecule has 2 unspecified atom stereocenters. The lowest BCUT2D eigenvalue weighted by molar-refractivity contribution is 0.424. The minimum absolute atomic E-state index is 0.174. The maximum atomic E-state index is 6.26. The van der Waals surface area contributed by atoms with E-state index in [4.69, 9.17) is 11.6 Å². The molecule has 1 fully saturated rings. The summed E-state index contributed by atoms with van der Waals surface area (Å²) < 4.78 is 1.94. The van der Waals surface area contributed by atoms with Crippen molar-refractivity contribution in [1.29, 1.82) is 0 Å². The van der Waals surface area contributed by atoms with Gasteiger partial charge in [-0.3, -0.25) is 4.68 Å². The van der Waals surface area contributed by atoms with E-state index in [1.165, 1.54) is 25.0 Å². The molecule has 2 atom stereocenters. The van der Waals surface area contributed by atoms with Crippen molar-refractivity contribution >= 4 is 11.6 Å². The first-order valence-corrected chi connectivity index (χ1v) is 6.86. The molecule has 0 bridgehead atoms. The van der Waals surface area contributed by atoms with E-state index in [1.807, 2.05) is 11.7 Å². The van der Waals surface area contributed by atoms with Crippen molar-refractivity contribution in [3.05, 3.63) is 16.9 Å². The van der Waals surface area contributed by atoms with Crippen molar-refractivity contribution in [3.8, 4) is 0 Å². The second-order valence-electron chi connectivity index (χ2n) is 5.42. The first-order valence-electron chi connectivity index (χ1n) is 6.48. The smallest absolute Gasteiger partial charge is 0.0823 e. The van der Waals surface area contributed by atoms with Gasteiger partial charge in [0.25, 0.3) is 0 Å². The summed E-state index contributed by atoms with van der Waals surface area (Å²) in [6.45, 7) is 5.63. The van der Waals surface area contributed by atoms with Gasteiger partial charge >= 0.3 is 0 Å². The van der Waals surface area contributed by atoms with Crippen LogP contribution in [0.5, 0.6) is 0 Å². The van der Waals surface area contributed by atoms with Gasteiger partial charge < -0.3 is 5.32 Å². The van der Waals surface area contributed by atoms with Crippen LogP contribution in [0.3, 0.4) is 0 Å². The SMILES string of the molecule is CCCNC1CCC(C)(c2c(Cl)cnn2C)C1. The summed E-state index contributed by atoms with van der Waals surface area (Å²) in [5.41, 5.74) is 1.37. The maximum Gasteiger partial charge on any atom is 0.0823 e. The summed E-state index contributed by atoms with van der Waals surface area (Å²) in [6, 6.07) is 0.630. The Kier molecular flexibility index (Phi) is 3.79. The van der Waals surface area contributed by atoms with Gasteiger partial charge in [0.05, 0.1) is 16.9 Å². The van der Waals surface area contributed by atoms with E-state index in [9.17, 15) is 0 Å². The van der Waals surface area contributed by atoms with Gasteiger partial charge in [0.1, 0.15) is 0 Å². The van der Waals surface area contributed by atoms with Crippen LogP contribution in [0, 0.1) is 0 Å². The lowest BCUT2D eigenvalue weighted by atomic mass is 9.84. The lowest BCUT2D eigenvalue weighted by Gasteiger charge is -2.25. The van der Waals surface area contributed by atoms with Gasteiger partial charge in [-0.2, -0.15) is 5.10 Å². The van der Waals surface area contributed by atoms with E-state index in [0.29, 0.717) is 6.04 Å². The van der Waals surface area contributed by atoms with Gasteiger partial charge in [-0.1, -0.05) is 25.4 Å². The monoisotopic (exact) mass is 255 g/mol. The minimum Gasteiger partial charge on any atom is -0.314 e. The predicted molar refractivity (Wildman–Crippen MR) is 71.5 cm³/mol. The zero-order valence-corrected chi connectivity index (χ0v) is 11.7. The molecule has 0 amide bonds. The highest BCUT2D eigenvalue weighted by Gasteiger charge is 2.39. The summed E-state index contributed by atoms with van der Waals surface area (Å²) in [7, 11) is 1.99. The van der Waals surface area contributed by atoms with E-state index >= 15 is 0 Å². The summed E-state index contributed by atoms with van der Waals surface area (Å²) in [6.07, 6.45) is 6.53. The van der Waals surface area contributed by atoms with Crippen LogP contribution in [0.15, 0.2) is 6.20 Å². The molecule has 3 nitrogen and oxygen atoms in total. The number of hydrogen-bond donors (Lipinski definition) is 1. The van der Waals surface area contributed by atoms with Crippen LogP contribution in [0.4, 0.5) is 0 Å². The Hall–Kier alpha value is -0.540. The first-order chi connectivity index (χ1) is 8.07. The molecule has 96 valence electrons. The summed E-state index contributed by atoms with van der Waals surface area (Å²) in [4.78, 5) is 0. The summed E-state index contributed by atoms with van der Waals surface area (Å²) in [5, 5.41) is 8.68. The molecule has 1 heterocycles. The van der Waals surface area contributed by atoms with E-state index in [2.05, 4.69) is 24.3 Å². The highest BCUT2D eigenvalue weighted by molar-refractivity contribution is 6.31. The third-order valence-corrected chi connectivity index (χ3v) is 4.17. The Morgan fingerprint density at radius 1 is 1.65 bits per heavy atom. The van der Waals surface area contributed by atoms with Crippen molar-refractivity contribution in [2.75, 3.05) is 6.54 Å². The van der Waals surface area contributed by atoms with Crippen LogP contribution < -0.4 is 5.32 Å². The fourth-order valence-corrected chi connectivity index (χ4v) is 3.46.